The van der Waals surface area contributed by atoms with Gasteiger partial charge in [0.25, 0.3) is 0 Å². The number of rotatable bonds is 4. The SMILES string of the molecule is CC#N.[Na+].[O-]c1cccc2ccc(-c3[nH+]c4ccc(Cl)cc4o3)[nH+]c12.[O-]c1cccc2ccc(-c3[nH+]c4ccc(Cl)cc4o3)[nH+]c12.[O-]c1cccc2ccc(-c3nc4ccc(Cl)cc4o3)nc12.[O-]c1cccc2ccc(-c3nc4ccc(Cl)cc4o3)nc12.[Yb+3]. The first kappa shape index (κ1) is 63.7. The predicted octanol–water partition coefficient (Wildman–Crippen LogP) is 10.3. The van der Waals surface area contributed by atoms with Crippen molar-refractivity contribution in [2.45, 2.75) is 6.92 Å². The zero-order valence-electron chi connectivity index (χ0n) is 46.3. The van der Waals surface area contributed by atoms with Crippen LogP contribution >= 0.6 is 46.4 Å². The van der Waals surface area contributed by atoms with Crippen LogP contribution in [0.5, 0.6) is 23.0 Å². The number of nitrogens with zero attached hydrogens (tertiary/aromatic N) is 5. The number of hydrogen-bond acceptors (Lipinski definition) is 13. The number of halogens is 4. The second-order valence-corrected chi connectivity index (χ2v) is 20.9. The number of nitriles is 1. The molecule has 435 valence electrons. The van der Waals surface area contributed by atoms with Crippen molar-refractivity contribution in [2.75, 3.05) is 0 Å². The first-order chi connectivity index (χ1) is 42.2. The first-order valence-corrected chi connectivity index (χ1v) is 27.8. The third kappa shape index (κ3) is 14.2. The number of H-pyrrole nitrogens is 4. The van der Waals surface area contributed by atoms with Crippen LogP contribution in [-0.4, -0.2) is 19.9 Å². The van der Waals surface area contributed by atoms with Crippen molar-refractivity contribution in [3.05, 3.63) is 214 Å². The van der Waals surface area contributed by atoms with Crippen molar-refractivity contribution >= 4 is 134 Å². The molecule has 0 aliphatic rings. The molecule has 8 aromatic carbocycles. The quantitative estimate of drug-likeness (QED) is 0.148. The molecule has 0 aliphatic carbocycles. The average molecular weight is 1420 g/mol. The van der Waals surface area contributed by atoms with E-state index in [-0.39, 0.29) is 99.5 Å². The van der Waals surface area contributed by atoms with Crippen LogP contribution < -0.4 is 69.9 Å². The molecule has 16 aromatic rings. The fraction of sp³-hybridized carbons (Fsp3) is 0.0152. The van der Waals surface area contributed by atoms with Gasteiger partial charge >= 0.3 is 99.7 Å². The minimum atomic E-state index is -0.117. The number of fused-ring (bicyclic) bond motifs is 8. The molecule has 89 heavy (non-hydrogen) atoms. The Labute approximate surface area is 584 Å². The molecule has 8 aromatic heterocycles. The minimum Gasteiger partial charge on any atom is -0.871 e. The molecule has 0 saturated carbocycles. The van der Waals surface area contributed by atoms with Gasteiger partial charge in [-0.1, -0.05) is 131 Å². The number of benzene rings is 8. The van der Waals surface area contributed by atoms with E-state index in [4.69, 9.17) is 69.3 Å². The van der Waals surface area contributed by atoms with Gasteiger partial charge in [0.15, 0.2) is 11.2 Å². The molecule has 0 unspecified atom stereocenters. The minimum absolute atomic E-state index is 0. The largest absolute Gasteiger partial charge is 3.00 e. The molecule has 23 heteroatoms. The van der Waals surface area contributed by atoms with E-state index in [9.17, 15) is 20.4 Å². The van der Waals surface area contributed by atoms with Gasteiger partial charge in [0.2, 0.25) is 45.0 Å². The fourth-order valence-electron chi connectivity index (χ4n) is 9.23. The van der Waals surface area contributed by atoms with Crippen LogP contribution in [0.3, 0.4) is 0 Å². The van der Waals surface area contributed by atoms with Gasteiger partial charge in [0.1, 0.15) is 22.4 Å². The van der Waals surface area contributed by atoms with Gasteiger partial charge in [0, 0.05) is 86.3 Å². The van der Waals surface area contributed by atoms with E-state index < -0.39 is 0 Å². The smallest absolute Gasteiger partial charge is 0.871 e. The molecule has 0 fully saturated rings. The zero-order chi connectivity index (χ0) is 60.3. The van der Waals surface area contributed by atoms with Crippen LogP contribution in [0.1, 0.15) is 6.92 Å². The second kappa shape index (κ2) is 28.0. The molecular formula is C66H39Cl4N9NaO8Yb+4. The van der Waals surface area contributed by atoms with Crippen LogP contribution in [0.2, 0.25) is 20.1 Å². The molecule has 17 nitrogen and oxygen atoms in total. The van der Waals surface area contributed by atoms with Gasteiger partial charge in [-0.3, -0.25) is 0 Å². The molecule has 0 atom stereocenters. The maximum Gasteiger partial charge on any atom is 3.00 e. The number of aromatic amines is 4. The standard InChI is InChI=1S/4C16H9ClN2O2.C2H3N.Na.Yb/c4*17-10-5-7-11-14(8-10)21-16(19-11)12-6-4-9-2-1-3-13(20)15(9)18-12;1-2-3;;/h4*1-8,20H;1H3;;/q;;;;;+1;+3. The third-order valence-corrected chi connectivity index (χ3v) is 14.2. The van der Waals surface area contributed by atoms with Gasteiger partial charge in [-0.25, -0.2) is 19.9 Å². The van der Waals surface area contributed by atoms with Gasteiger partial charge in [-0.2, -0.15) is 25.2 Å². The summed E-state index contributed by atoms with van der Waals surface area (Å²) in [7, 11) is 0. The molecule has 0 bridgehead atoms. The van der Waals surface area contributed by atoms with Crippen molar-refractivity contribution in [3.8, 4) is 75.4 Å². The number of nitrogens with one attached hydrogen (secondary N) is 4. The summed E-state index contributed by atoms with van der Waals surface area (Å²) in [5.74, 6) is 1.52. The number of oxazole rings is 4. The number of hydrogen-bond donors (Lipinski definition) is 0. The Kier molecular flexibility index (Phi) is 20.0. The molecule has 16 rings (SSSR count). The fourth-order valence-corrected chi connectivity index (χ4v) is 9.88. The summed E-state index contributed by atoms with van der Waals surface area (Å²) >= 11 is 23.8. The number of pyridine rings is 4. The van der Waals surface area contributed by atoms with Crippen LogP contribution in [0.25, 0.3) is 134 Å². The van der Waals surface area contributed by atoms with Gasteiger partial charge in [0.05, 0.1) is 17.1 Å². The van der Waals surface area contributed by atoms with Crippen LogP contribution in [-0.2, 0) is 0 Å². The van der Waals surface area contributed by atoms with E-state index in [1.54, 1.807) is 103 Å². The van der Waals surface area contributed by atoms with Gasteiger partial charge in [-0.05, 0) is 95.1 Å². The Balaban J connectivity index is 0.000000128. The Hall–Kier alpha value is -8.35. The van der Waals surface area contributed by atoms with E-state index in [2.05, 4.69) is 39.9 Å². The monoisotopic (exact) mass is 1420 g/mol. The van der Waals surface area contributed by atoms with Gasteiger partial charge < -0.3 is 38.1 Å². The summed E-state index contributed by atoms with van der Waals surface area (Å²) in [6.45, 7) is 1.43. The topological polar surface area (TPSA) is 277 Å². The van der Waals surface area contributed by atoms with Crippen molar-refractivity contribution in [2.24, 2.45) is 0 Å². The Morgan fingerprint density at radius 1 is 0.393 bits per heavy atom. The average Bonchev–Trinajstić information content (AvgIpc) is 2.45. The predicted molar refractivity (Wildman–Crippen MR) is 323 cm³/mol. The summed E-state index contributed by atoms with van der Waals surface area (Å²) < 4.78 is 22.8. The molecule has 8 heterocycles. The molecule has 1 radical (unpaired) electrons. The van der Waals surface area contributed by atoms with E-state index >= 15 is 0 Å². The van der Waals surface area contributed by atoms with Crippen molar-refractivity contribution < 1.29 is 135 Å². The maximum atomic E-state index is 11.9. The molecular weight excluding hydrogens is 1380 g/mol. The van der Waals surface area contributed by atoms with Crippen molar-refractivity contribution in [3.63, 3.8) is 0 Å². The van der Waals surface area contributed by atoms with Crippen LogP contribution in [0.4, 0.5) is 0 Å². The molecule has 0 saturated heterocycles. The summed E-state index contributed by atoms with van der Waals surface area (Å²) in [4.78, 5) is 30.0. The second-order valence-electron chi connectivity index (χ2n) is 19.1. The van der Waals surface area contributed by atoms with Crippen LogP contribution in [0, 0.1) is 58.3 Å². The Morgan fingerprint density at radius 2 is 0.742 bits per heavy atom. The van der Waals surface area contributed by atoms with Crippen LogP contribution in [0.15, 0.2) is 212 Å². The first-order valence-electron chi connectivity index (χ1n) is 26.3. The Morgan fingerprint density at radius 3 is 1.15 bits per heavy atom. The van der Waals surface area contributed by atoms with E-state index in [0.29, 0.717) is 122 Å². The number of aromatic nitrogens is 8. The van der Waals surface area contributed by atoms with E-state index in [1.165, 1.54) is 31.2 Å². The summed E-state index contributed by atoms with van der Waals surface area (Å²) in [5.41, 5.74) is 10.0. The molecule has 0 aliphatic heterocycles. The van der Waals surface area contributed by atoms with Gasteiger partial charge in [-0.15, -0.1) is 0 Å². The Bertz CT molecular complexity index is 4690. The normalized spacial score (nSPS) is 10.7. The molecule has 4 N–H and O–H groups in total. The summed E-state index contributed by atoms with van der Waals surface area (Å²) in [6.07, 6.45) is 0. The molecule has 0 amide bonds. The zero-order valence-corrected chi connectivity index (χ0v) is 53.0. The van der Waals surface area contributed by atoms with E-state index in [0.717, 1.165) is 32.6 Å². The maximum absolute atomic E-state index is 11.9. The third-order valence-electron chi connectivity index (χ3n) is 13.3. The van der Waals surface area contributed by atoms with Crippen molar-refractivity contribution in [1.82, 2.24) is 19.9 Å². The van der Waals surface area contributed by atoms with E-state index in [1.807, 2.05) is 72.8 Å². The van der Waals surface area contributed by atoms with Crippen molar-refractivity contribution in [1.29, 1.82) is 5.26 Å². The number of para-hydroxylation sites is 4. The summed E-state index contributed by atoms with van der Waals surface area (Å²) in [6, 6.07) is 58.2. The summed E-state index contributed by atoms with van der Waals surface area (Å²) in [5, 5.41) is 60.5. The molecule has 0 spiro atoms.